The van der Waals surface area contributed by atoms with Crippen molar-refractivity contribution in [1.29, 1.82) is 0 Å². The summed E-state index contributed by atoms with van der Waals surface area (Å²) in [5.41, 5.74) is 9.51. The highest BCUT2D eigenvalue weighted by atomic mass is 15.3. The van der Waals surface area contributed by atoms with Gasteiger partial charge in [0, 0.05) is 29.4 Å². The van der Waals surface area contributed by atoms with Gasteiger partial charge < -0.3 is 11.1 Å². The van der Waals surface area contributed by atoms with Crippen LogP contribution in [0, 0.1) is 5.92 Å². The maximum Gasteiger partial charge on any atom is 0.161 e. The summed E-state index contributed by atoms with van der Waals surface area (Å²) in [5, 5.41) is 8.28. The number of hydrogen-bond donors (Lipinski definition) is 2. The summed E-state index contributed by atoms with van der Waals surface area (Å²) in [5.74, 6) is 2.35. The predicted octanol–water partition coefficient (Wildman–Crippen LogP) is 3.10. The summed E-state index contributed by atoms with van der Waals surface area (Å²) in [6, 6.07) is 2.99. The summed E-state index contributed by atoms with van der Waals surface area (Å²) in [4.78, 5) is 4.92. The standard InChI is InChI=1S/C18H27N5/c1-11(2)16-10-20-23-17(21-14-6-5-13(19)8-14)9-15(22-18(16)23)7-12-3-4-12/h9-14,21H,3-8,19H2,1-2H3/t13-,14-/m0/s1. The summed E-state index contributed by atoms with van der Waals surface area (Å²) in [6.07, 6.45) is 9.06. The molecule has 3 N–H and O–H groups in total. The summed E-state index contributed by atoms with van der Waals surface area (Å²) < 4.78 is 1.98. The van der Waals surface area contributed by atoms with E-state index in [2.05, 4.69) is 30.3 Å². The van der Waals surface area contributed by atoms with Crippen LogP contribution in [0.2, 0.25) is 0 Å². The lowest BCUT2D eigenvalue weighted by Crippen LogP contribution is -2.22. The van der Waals surface area contributed by atoms with E-state index in [1.54, 1.807) is 0 Å². The van der Waals surface area contributed by atoms with Gasteiger partial charge in [-0.05, 0) is 50.4 Å². The number of anilines is 1. The number of rotatable bonds is 5. The average molecular weight is 313 g/mol. The maximum absolute atomic E-state index is 6.06. The molecule has 0 amide bonds. The third-order valence-electron chi connectivity index (χ3n) is 5.19. The molecule has 0 spiro atoms. The largest absolute Gasteiger partial charge is 0.367 e. The highest BCUT2D eigenvalue weighted by Gasteiger charge is 2.25. The monoisotopic (exact) mass is 313 g/mol. The zero-order chi connectivity index (χ0) is 16.0. The third kappa shape index (κ3) is 3.07. The van der Waals surface area contributed by atoms with Crippen molar-refractivity contribution < 1.29 is 0 Å². The lowest BCUT2D eigenvalue weighted by molar-refractivity contribution is 0.683. The minimum atomic E-state index is 0.333. The van der Waals surface area contributed by atoms with Crippen molar-refractivity contribution in [3.8, 4) is 0 Å². The Morgan fingerprint density at radius 1 is 1.30 bits per heavy atom. The van der Waals surface area contributed by atoms with Gasteiger partial charge in [0.05, 0.1) is 6.20 Å². The zero-order valence-corrected chi connectivity index (χ0v) is 14.1. The number of aromatic nitrogens is 3. The quantitative estimate of drug-likeness (QED) is 0.890. The van der Waals surface area contributed by atoms with Crippen molar-refractivity contribution in [2.45, 2.75) is 70.4 Å². The number of fused-ring (bicyclic) bond motifs is 1. The van der Waals surface area contributed by atoms with Crippen molar-refractivity contribution in [1.82, 2.24) is 14.6 Å². The van der Waals surface area contributed by atoms with E-state index in [0.29, 0.717) is 18.0 Å². The van der Waals surface area contributed by atoms with Gasteiger partial charge in [-0.25, -0.2) is 4.98 Å². The molecule has 2 atom stereocenters. The Labute approximate surface area is 137 Å². The van der Waals surface area contributed by atoms with Gasteiger partial charge in [0.25, 0.3) is 0 Å². The molecule has 124 valence electrons. The van der Waals surface area contributed by atoms with Gasteiger partial charge in [0.1, 0.15) is 5.82 Å². The fraction of sp³-hybridized carbons (Fsp3) is 0.667. The van der Waals surface area contributed by atoms with Crippen LogP contribution in [0.5, 0.6) is 0 Å². The number of nitrogens with one attached hydrogen (secondary N) is 1. The minimum absolute atomic E-state index is 0.333. The average Bonchev–Trinajstić information content (AvgIpc) is 3.04. The first-order chi connectivity index (χ1) is 11.1. The highest BCUT2D eigenvalue weighted by Crippen LogP contribution is 2.33. The van der Waals surface area contributed by atoms with Crippen LogP contribution in [-0.2, 0) is 6.42 Å². The topological polar surface area (TPSA) is 68.2 Å². The van der Waals surface area contributed by atoms with Crippen LogP contribution in [0.15, 0.2) is 12.3 Å². The second kappa shape index (κ2) is 5.78. The van der Waals surface area contributed by atoms with Crippen LogP contribution in [0.1, 0.15) is 63.1 Å². The molecule has 2 heterocycles. The Morgan fingerprint density at radius 3 is 2.78 bits per heavy atom. The molecule has 0 radical (unpaired) electrons. The number of hydrogen-bond acceptors (Lipinski definition) is 4. The first-order valence-electron chi connectivity index (χ1n) is 9.00. The van der Waals surface area contributed by atoms with Crippen LogP contribution < -0.4 is 11.1 Å². The molecule has 5 heteroatoms. The Balaban J connectivity index is 1.70. The second-order valence-electron chi connectivity index (χ2n) is 7.68. The van der Waals surface area contributed by atoms with E-state index in [-0.39, 0.29) is 0 Å². The molecule has 0 bridgehead atoms. The van der Waals surface area contributed by atoms with Gasteiger partial charge in [-0.3, -0.25) is 0 Å². The minimum Gasteiger partial charge on any atom is -0.367 e. The smallest absolute Gasteiger partial charge is 0.161 e. The molecule has 2 fully saturated rings. The predicted molar refractivity (Wildman–Crippen MR) is 92.7 cm³/mol. The molecule has 0 unspecified atom stereocenters. The molecule has 4 rings (SSSR count). The van der Waals surface area contributed by atoms with E-state index in [1.165, 1.54) is 24.1 Å². The summed E-state index contributed by atoms with van der Waals surface area (Å²) >= 11 is 0. The third-order valence-corrected chi connectivity index (χ3v) is 5.19. The van der Waals surface area contributed by atoms with E-state index >= 15 is 0 Å². The Hall–Kier alpha value is -1.62. The molecule has 2 saturated carbocycles. The summed E-state index contributed by atoms with van der Waals surface area (Å²) in [7, 11) is 0. The first kappa shape index (κ1) is 14.9. The fourth-order valence-corrected chi connectivity index (χ4v) is 3.62. The van der Waals surface area contributed by atoms with Crippen LogP contribution in [0.3, 0.4) is 0 Å². The van der Waals surface area contributed by atoms with Crippen molar-refractivity contribution in [2.24, 2.45) is 11.7 Å². The van der Waals surface area contributed by atoms with E-state index in [9.17, 15) is 0 Å². The van der Waals surface area contributed by atoms with Gasteiger partial charge in [0.15, 0.2) is 5.65 Å². The van der Waals surface area contributed by atoms with Crippen LogP contribution in [0.25, 0.3) is 5.65 Å². The molecule has 5 nitrogen and oxygen atoms in total. The normalized spacial score (nSPS) is 24.7. The summed E-state index contributed by atoms with van der Waals surface area (Å²) in [6.45, 7) is 4.41. The van der Waals surface area contributed by atoms with E-state index in [4.69, 9.17) is 10.7 Å². The SMILES string of the molecule is CC(C)c1cnn2c(N[C@H]3CC[C@H](N)C3)cc(CC3CC3)nc12. The molecule has 0 aromatic carbocycles. The van der Waals surface area contributed by atoms with Crippen molar-refractivity contribution >= 4 is 11.5 Å². The van der Waals surface area contributed by atoms with Gasteiger partial charge in [-0.2, -0.15) is 9.61 Å². The highest BCUT2D eigenvalue weighted by molar-refractivity contribution is 5.55. The fourth-order valence-electron chi connectivity index (χ4n) is 3.62. The van der Waals surface area contributed by atoms with Gasteiger partial charge in [0.2, 0.25) is 0 Å². The zero-order valence-electron chi connectivity index (χ0n) is 14.1. The lowest BCUT2D eigenvalue weighted by atomic mass is 10.1. The van der Waals surface area contributed by atoms with Crippen LogP contribution in [0.4, 0.5) is 5.82 Å². The number of nitrogens with zero attached hydrogens (tertiary/aromatic N) is 3. The van der Waals surface area contributed by atoms with Crippen molar-refractivity contribution in [2.75, 3.05) is 5.32 Å². The van der Waals surface area contributed by atoms with E-state index in [1.807, 2.05) is 10.7 Å². The van der Waals surface area contributed by atoms with Gasteiger partial charge in [-0.15, -0.1) is 0 Å². The molecular weight excluding hydrogens is 286 g/mol. The van der Waals surface area contributed by atoms with Gasteiger partial charge >= 0.3 is 0 Å². The maximum atomic E-state index is 6.06. The van der Waals surface area contributed by atoms with Crippen LogP contribution in [-0.4, -0.2) is 26.7 Å². The molecule has 2 aliphatic carbocycles. The number of nitrogens with two attached hydrogens (primary N) is 1. The van der Waals surface area contributed by atoms with Crippen LogP contribution >= 0.6 is 0 Å². The van der Waals surface area contributed by atoms with E-state index < -0.39 is 0 Å². The molecule has 2 aromatic rings. The van der Waals surface area contributed by atoms with Crippen molar-refractivity contribution in [3.63, 3.8) is 0 Å². The Bertz CT molecular complexity index is 701. The molecule has 0 aliphatic heterocycles. The second-order valence-corrected chi connectivity index (χ2v) is 7.68. The molecular formula is C18H27N5. The molecule has 2 aromatic heterocycles. The lowest BCUT2D eigenvalue weighted by Gasteiger charge is -2.16. The Kier molecular flexibility index (Phi) is 3.76. The van der Waals surface area contributed by atoms with E-state index in [0.717, 1.165) is 43.1 Å². The Morgan fingerprint density at radius 2 is 2.13 bits per heavy atom. The molecule has 23 heavy (non-hydrogen) atoms. The van der Waals surface area contributed by atoms with Crippen molar-refractivity contribution in [3.05, 3.63) is 23.5 Å². The molecule has 0 saturated heterocycles. The van der Waals surface area contributed by atoms with Gasteiger partial charge in [-0.1, -0.05) is 13.8 Å². The molecule has 2 aliphatic rings. The first-order valence-corrected chi connectivity index (χ1v) is 9.00.